The highest BCUT2D eigenvalue weighted by molar-refractivity contribution is 6.39. The Morgan fingerprint density at radius 1 is 1.39 bits per heavy atom. The average Bonchev–Trinajstić information content (AvgIpc) is 2.40. The van der Waals surface area contributed by atoms with Crippen LogP contribution in [0.15, 0.2) is 29.6 Å². The van der Waals surface area contributed by atoms with Crippen LogP contribution in [0.1, 0.15) is 31.4 Å². The van der Waals surface area contributed by atoms with Gasteiger partial charge in [0.25, 0.3) is 5.91 Å². The number of carbonyl (C=O) groups excluding carboxylic acids is 2. The highest BCUT2D eigenvalue weighted by Gasteiger charge is 2.19. The molecule has 1 aliphatic rings. The van der Waals surface area contributed by atoms with Crippen LogP contribution in [0.25, 0.3) is 0 Å². The van der Waals surface area contributed by atoms with Gasteiger partial charge in [-0.05, 0) is 24.6 Å². The van der Waals surface area contributed by atoms with Crippen molar-refractivity contribution in [2.75, 3.05) is 0 Å². The molecular weight excluding hydrogens is 232 g/mol. The van der Waals surface area contributed by atoms with Crippen LogP contribution >= 0.6 is 0 Å². The summed E-state index contributed by atoms with van der Waals surface area (Å²) in [6.45, 7) is 1.88. The molecule has 1 atom stereocenters. The van der Waals surface area contributed by atoms with E-state index in [-0.39, 0.29) is 17.9 Å². The minimum atomic E-state index is -0.251. The molecule has 0 bridgehead atoms. The maximum absolute atomic E-state index is 11.9. The summed E-state index contributed by atoms with van der Waals surface area (Å²) in [4.78, 5) is 26.7. The first-order valence-electron chi connectivity index (χ1n) is 5.73. The minimum Gasteiger partial charge on any atom is -0.344 e. The number of aromatic nitrogens is 1. The predicted octanol–water partition coefficient (Wildman–Crippen LogP) is 0.525. The molecule has 1 aromatic rings. The summed E-state index contributed by atoms with van der Waals surface area (Å²) in [5, 5.41) is 6.58. The van der Waals surface area contributed by atoms with Gasteiger partial charge in [-0.2, -0.15) is 5.10 Å². The quantitative estimate of drug-likeness (QED) is 0.815. The second-order valence-corrected chi connectivity index (χ2v) is 4.07. The van der Waals surface area contributed by atoms with Crippen LogP contribution in [0.4, 0.5) is 0 Å². The van der Waals surface area contributed by atoms with E-state index in [2.05, 4.69) is 20.8 Å². The van der Waals surface area contributed by atoms with Gasteiger partial charge >= 0.3 is 0 Å². The lowest BCUT2D eigenvalue weighted by Gasteiger charge is -2.16. The molecule has 18 heavy (non-hydrogen) atoms. The zero-order chi connectivity index (χ0) is 13.0. The number of hydrogen-bond donors (Lipinski definition) is 2. The van der Waals surface area contributed by atoms with Crippen LogP contribution in [0.5, 0.6) is 0 Å². The van der Waals surface area contributed by atoms with Crippen molar-refractivity contribution >= 4 is 17.5 Å². The third-order valence-electron chi connectivity index (χ3n) is 2.72. The highest BCUT2D eigenvalue weighted by Crippen LogP contribution is 2.10. The molecule has 1 unspecified atom stereocenters. The normalized spacial score (nSPS) is 16.5. The van der Waals surface area contributed by atoms with Gasteiger partial charge in [0.05, 0.1) is 6.04 Å². The Morgan fingerprint density at radius 3 is 2.72 bits per heavy atom. The number of carbonyl (C=O) groups is 2. The Labute approximate surface area is 104 Å². The number of hydrazone groups is 1. The standard InChI is InChI=1S/C12H14N4O2/c1-8(9-4-6-13-7-5-9)14-12(18)10-2-3-11(17)16-15-10/h4-8H,2-3H2,1H3,(H,14,18)(H,16,17). The maximum Gasteiger partial charge on any atom is 0.267 e. The highest BCUT2D eigenvalue weighted by atomic mass is 16.2. The van der Waals surface area contributed by atoms with E-state index >= 15 is 0 Å². The number of nitrogens with one attached hydrogen (secondary N) is 2. The summed E-state index contributed by atoms with van der Waals surface area (Å²) < 4.78 is 0. The van der Waals surface area contributed by atoms with E-state index in [1.807, 2.05) is 19.1 Å². The van der Waals surface area contributed by atoms with E-state index in [1.165, 1.54) is 0 Å². The molecule has 0 aliphatic carbocycles. The number of amides is 2. The summed E-state index contributed by atoms with van der Waals surface area (Å²) in [5.41, 5.74) is 3.63. The van der Waals surface area contributed by atoms with E-state index in [1.54, 1.807) is 12.4 Å². The van der Waals surface area contributed by atoms with E-state index in [0.29, 0.717) is 18.6 Å². The van der Waals surface area contributed by atoms with Crippen LogP contribution < -0.4 is 10.7 Å². The van der Waals surface area contributed by atoms with Gasteiger partial charge in [0.1, 0.15) is 5.71 Å². The fourth-order valence-electron chi connectivity index (χ4n) is 1.65. The molecular formula is C12H14N4O2. The number of hydrogen-bond acceptors (Lipinski definition) is 4. The van der Waals surface area contributed by atoms with Crippen LogP contribution in [-0.2, 0) is 9.59 Å². The van der Waals surface area contributed by atoms with E-state index < -0.39 is 0 Å². The second kappa shape index (κ2) is 5.39. The van der Waals surface area contributed by atoms with Gasteiger partial charge < -0.3 is 5.32 Å². The topological polar surface area (TPSA) is 83.5 Å². The summed E-state index contributed by atoms with van der Waals surface area (Å²) in [7, 11) is 0. The van der Waals surface area contributed by atoms with Crippen molar-refractivity contribution in [2.24, 2.45) is 5.10 Å². The lowest BCUT2D eigenvalue weighted by molar-refractivity contribution is -0.121. The summed E-state index contributed by atoms with van der Waals surface area (Å²) in [6.07, 6.45) is 4.03. The minimum absolute atomic E-state index is 0.124. The molecule has 6 heteroatoms. The Kier molecular flexibility index (Phi) is 3.66. The number of rotatable bonds is 3. The fraction of sp³-hybridized carbons (Fsp3) is 0.333. The lowest BCUT2D eigenvalue weighted by atomic mass is 10.1. The van der Waals surface area contributed by atoms with Gasteiger partial charge in [-0.25, -0.2) is 5.43 Å². The fourth-order valence-corrected chi connectivity index (χ4v) is 1.65. The average molecular weight is 246 g/mol. The van der Waals surface area contributed by atoms with E-state index in [0.717, 1.165) is 5.56 Å². The lowest BCUT2D eigenvalue weighted by Crippen LogP contribution is -2.37. The molecule has 1 aliphatic heterocycles. The van der Waals surface area contributed by atoms with Crippen molar-refractivity contribution in [1.29, 1.82) is 0 Å². The molecule has 0 saturated heterocycles. The van der Waals surface area contributed by atoms with E-state index in [4.69, 9.17) is 0 Å². The molecule has 2 heterocycles. The van der Waals surface area contributed by atoms with Gasteiger partial charge in [-0.15, -0.1) is 0 Å². The summed E-state index contributed by atoms with van der Waals surface area (Å²) in [5.74, 6) is -0.409. The molecule has 2 N–H and O–H groups in total. The molecule has 0 spiro atoms. The molecule has 0 radical (unpaired) electrons. The predicted molar refractivity (Wildman–Crippen MR) is 65.6 cm³/mol. The Bertz CT molecular complexity index is 484. The molecule has 0 aromatic carbocycles. The Balaban J connectivity index is 1.98. The zero-order valence-corrected chi connectivity index (χ0v) is 10.0. The maximum atomic E-state index is 11.9. The summed E-state index contributed by atoms with van der Waals surface area (Å²) >= 11 is 0. The molecule has 1 aromatic heterocycles. The van der Waals surface area contributed by atoms with E-state index in [9.17, 15) is 9.59 Å². The number of pyridine rings is 1. The van der Waals surface area contributed by atoms with Crippen molar-refractivity contribution < 1.29 is 9.59 Å². The second-order valence-electron chi connectivity index (χ2n) is 4.07. The molecule has 0 saturated carbocycles. The van der Waals surface area contributed by atoms with Crippen molar-refractivity contribution in [2.45, 2.75) is 25.8 Å². The molecule has 2 rings (SSSR count). The van der Waals surface area contributed by atoms with Gasteiger partial charge in [0.15, 0.2) is 0 Å². The molecule has 94 valence electrons. The van der Waals surface area contributed by atoms with Gasteiger partial charge in [0, 0.05) is 25.2 Å². The molecule has 0 fully saturated rings. The SMILES string of the molecule is CC(NC(=O)C1=NNC(=O)CC1)c1ccncc1. The Hall–Kier alpha value is -2.24. The monoisotopic (exact) mass is 246 g/mol. The van der Waals surface area contributed by atoms with Gasteiger partial charge in [-0.1, -0.05) is 0 Å². The zero-order valence-electron chi connectivity index (χ0n) is 10.0. The third-order valence-corrected chi connectivity index (χ3v) is 2.72. The first kappa shape index (κ1) is 12.2. The van der Waals surface area contributed by atoms with Crippen molar-refractivity contribution in [3.05, 3.63) is 30.1 Å². The third kappa shape index (κ3) is 2.91. The van der Waals surface area contributed by atoms with Crippen LogP contribution in [0, 0.1) is 0 Å². The molecule has 2 amide bonds. The Morgan fingerprint density at radius 2 is 2.11 bits per heavy atom. The van der Waals surface area contributed by atoms with Crippen LogP contribution in [-0.4, -0.2) is 22.5 Å². The first-order valence-corrected chi connectivity index (χ1v) is 5.73. The smallest absolute Gasteiger partial charge is 0.267 e. The summed E-state index contributed by atoms with van der Waals surface area (Å²) in [6, 6.07) is 3.56. The van der Waals surface area contributed by atoms with Crippen molar-refractivity contribution in [1.82, 2.24) is 15.7 Å². The van der Waals surface area contributed by atoms with Gasteiger partial charge in [0.2, 0.25) is 5.91 Å². The van der Waals surface area contributed by atoms with Crippen molar-refractivity contribution in [3.8, 4) is 0 Å². The van der Waals surface area contributed by atoms with Gasteiger partial charge in [-0.3, -0.25) is 14.6 Å². The molecule has 6 nitrogen and oxygen atoms in total. The first-order chi connectivity index (χ1) is 8.66. The number of nitrogens with zero attached hydrogens (tertiary/aromatic N) is 2. The largest absolute Gasteiger partial charge is 0.344 e. The van der Waals surface area contributed by atoms with Crippen molar-refractivity contribution in [3.63, 3.8) is 0 Å². The van der Waals surface area contributed by atoms with Crippen LogP contribution in [0.3, 0.4) is 0 Å². The van der Waals surface area contributed by atoms with Crippen LogP contribution in [0.2, 0.25) is 0 Å².